The first kappa shape index (κ1) is 18.6. The number of aromatic nitrogens is 2. The van der Waals surface area contributed by atoms with Gasteiger partial charge in [-0.3, -0.25) is 4.79 Å². The Bertz CT molecular complexity index is 820. The second-order valence-corrected chi connectivity index (χ2v) is 6.97. The third kappa shape index (κ3) is 4.22. The zero-order chi connectivity index (χ0) is 19.3. The molecule has 2 aliphatic heterocycles. The minimum atomic E-state index is -0.328. The number of amides is 1. The zero-order valence-corrected chi connectivity index (χ0v) is 15.8. The summed E-state index contributed by atoms with van der Waals surface area (Å²) in [6.07, 6.45) is 1.69. The summed E-state index contributed by atoms with van der Waals surface area (Å²) in [4.78, 5) is 27.5. The van der Waals surface area contributed by atoms with E-state index in [1.54, 1.807) is 29.4 Å². The van der Waals surface area contributed by atoms with Crippen LogP contribution in [0.3, 0.4) is 0 Å². The van der Waals surface area contributed by atoms with Crippen LogP contribution in [0.1, 0.15) is 5.56 Å². The average molecular weight is 385 g/mol. The molecule has 2 aromatic rings. The lowest BCUT2D eigenvalue weighted by molar-refractivity contribution is -0.130. The summed E-state index contributed by atoms with van der Waals surface area (Å²) >= 11 is 0. The molecule has 0 N–H and O–H groups in total. The fourth-order valence-corrected chi connectivity index (χ4v) is 3.58. The van der Waals surface area contributed by atoms with Crippen LogP contribution in [0.4, 0.5) is 16.0 Å². The average Bonchev–Trinajstić information content (AvgIpc) is 2.76. The summed E-state index contributed by atoms with van der Waals surface area (Å²) in [7, 11) is 0. The Balaban J connectivity index is 1.35. The van der Waals surface area contributed by atoms with Gasteiger partial charge >= 0.3 is 0 Å². The van der Waals surface area contributed by atoms with E-state index in [1.807, 2.05) is 6.07 Å². The van der Waals surface area contributed by atoms with Gasteiger partial charge in [0.15, 0.2) is 0 Å². The van der Waals surface area contributed by atoms with Crippen LogP contribution < -0.4 is 9.80 Å². The number of morpholine rings is 1. The molecule has 1 aromatic carbocycles. The van der Waals surface area contributed by atoms with E-state index in [9.17, 15) is 9.18 Å². The largest absolute Gasteiger partial charge is 0.378 e. The predicted molar refractivity (Wildman–Crippen MR) is 104 cm³/mol. The highest BCUT2D eigenvalue weighted by atomic mass is 19.1. The van der Waals surface area contributed by atoms with Crippen LogP contribution in [-0.4, -0.2) is 73.3 Å². The molecule has 4 rings (SSSR count). The summed E-state index contributed by atoms with van der Waals surface area (Å²) in [6.45, 7) is 5.67. The quantitative estimate of drug-likeness (QED) is 0.792. The molecule has 0 bridgehead atoms. The second-order valence-electron chi connectivity index (χ2n) is 6.97. The van der Waals surface area contributed by atoms with E-state index in [-0.39, 0.29) is 18.1 Å². The number of anilines is 2. The second kappa shape index (κ2) is 8.52. The molecular formula is C20H24FN5O2. The van der Waals surface area contributed by atoms with Crippen LogP contribution in [0.15, 0.2) is 36.7 Å². The van der Waals surface area contributed by atoms with Crippen molar-refractivity contribution >= 4 is 17.5 Å². The maximum absolute atomic E-state index is 13.8. The molecule has 1 aromatic heterocycles. The van der Waals surface area contributed by atoms with E-state index in [4.69, 9.17) is 4.74 Å². The summed E-state index contributed by atoms with van der Waals surface area (Å²) in [5.41, 5.74) is 0.445. The number of carbonyl (C=O) groups excluding carboxylic acids is 1. The van der Waals surface area contributed by atoms with Gasteiger partial charge < -0.3 is 19.4 Å². The molecule has 1 amide bonds. The van der Waals surface area contributed by atoms with Crippen molar-refractivity contribution in [3.63, 3.8) is 0 Å². The molecule has 148 valence electrons. The van der Waals surface area contributed by atoms with Gasteiger partial charge in [0, 0.05) is 45.3 Å². The molecular weight excluding hydrogens is 361 g/mol. The van der Waals surface area contributed by atoms with Crippen LogP contribution in [-0.2, 0) is 16.0 Å². The summed E-state index contributed by atoms with van der Waals surface area (Å²) < 4.78 is 19.2. The molecule has 0 unspecified atom stereocenters. The summed E-state index contributed by atoms with van der Waals surface area (Å²) in [6, 6.07) is 8.45. The van der Waals surface area contributed by atoms with Crippen molar-refractivity contribution in [1.29, 1.82) is 0 Å². The standard InChI is InChI=1S/C20H24FN5O2/c21-17-4-2-1-3-16(17)13-20(27)26-7-5-24(6-8-26)18-14-19(23-15-22-18)25-9-11-28-12-10-25/h1-4,14-15H,5-13H2. The van der Waals surface area contributed by atoms with Crippen molar-refractivity contribution in [2.24, 2.45) is 0 Å². The molecule has 2 saturated heterocycles. The first-order valence-corrected chi connectivity index (χ1v) is 9.61. The number of ether oxygens (including phenoxy) is 1. The van der Waals surface area contributed by atoms with E-state index in [0.29, 0.717) is 45.0 Å². The number of piperazine rings is 1. The Morgan fingerprint density at radius 1 is 0.964 bits per heavy atom. The van der Waals surface area contributed by atoms with E-state index in [1.165, 1.54) is 6.07 Å². The van der Waals surface area contributed by atoms with Crippen LogP contribution in [0.2, 0.25) is 0 Å². The van der Waals surface area contributed by atoms with E-state index in [2.05, 4.69) is 19.8 Å². The van der Waals surface area contributed by atoms with E-state index in [0.717, 1.165) is 24.7 Å². The SMILES string of the molecule is O=C(Cc1ccccc1F)N1CCN(c2cc(N3CCOCC3)ncn2)CC1. The molecule has 2 fully saturated rings. The Kier molecular flexibility index (Phi) is 5.66. The van der Waals surface area contributed by atoms with Crippen molar-refractivity contribution in [2.75, 3.05) is 62.3 Å². The molecule has 0 aliphatic carbocycles. The lowest BCUT2D eigenvalue weighted by atomic mass is 10.1. The highest BCUT2D eigenvalue weighted by Gasteiger charge is 2.23. The molecule has 7 nitrogen and oxygen atoms in total. The maximum atomic E-state index is 13.8. The summed E-state index contributed by atoms with van der Waals surface area (Å²) in [5, 5.41) is 0. The number of benzene rings is 1. The molecule has 0 saturated carbocycles. The van der Waals surface area contributed by atoms with Crippen molar-refractivity contribution < 1.29 is 13.9 Å². The van der Waals surface area contributed by atoms with Crippen LogP contribution in [0, 0.1) is 5.82 Å². The lowest BCUT2D eigenvalue weighted by Gasteiger charge is -2.36. The highest BCUT2D eigenvalue weighted by Crippen LogP contribution is 2.20. The van der Waals surface area contributed by atoms with Gasteiger partial charge in [0.05, 0.1) is 19.6 Å². The molecule has 0 radical (unpaired) electrons. The minimum absolute atomic E-state index is 0.0403. The normalized spacial score (nSPS) is 17.7. The van der Waals surface area contributed by atoms with Crippen LogP contribution in [0.5, 0.6) is 0 Å². The van der Waals surface area contributed by atoms with E-state index < -0.39 is 0 Å². The van der Waals surface area contributed by atoms with Gasteiger partial charge in [-0.05, 0) is 11.6 Å². The fraction of sp³-hybridized carbons (Fsp3) is 0.450. The minimum Gasteiger partial charge on any atom is -0.378 e. The molecule has 28 heavy (non-hydrogen) atoms. The third-order valence-electron chi connectivity index (χ3n) is 5.23. The van der Waals surface area contributed by atoms with Crippen molar-refractivity contribution in [3.8, 4) is 0 Å². The molecule has 0 spiro atoms. The van der Waals surface area contributed by atoms with Crippen LogP contribution in [0.25, 0.3) is 0 Å². The third-order valence-corrected chi connectivity index (χ3v) is 5.23. The van der Waals surface area contributed by atoms with Gasteiger partial charge in [0.2, 0.25) is 5.91 Å². The van der Waals surface area contributed by atoms with Gasteiger partial charge in [-0.25, -0.2) is 14.4 Å². The van der Waals surface area contributed by atoms with Gasteiger partial charge in [-0.2, -0.15) is 0 Å². The first-order valence-electron chi connectivity index (χ1n) is 9.61. The van der Waals surface area contributed by atoms with Gasteiger partial charge in [0.25, 0.3) is 0 Å². The number of hydrogen-bond donors (Lipinski definition) is 0. The zero-order valence-electron chi connectivity index (χ0n) is 15.8. The van der Waals surface area contributed by atoms with Gasteiger partial charge in [0.1, 0.15) is 23.8 Å². The Labute approximate surface area is 163 Å². The fourth-order valence-electron chi connectivity index (χ4n) is 3.58. The topological polar surface area (TPSA) is 61.8 Å². The monoisotopic (exact) mass is 385 g/mol. The van der Waals surface area contributed by atoms with Crippen LogP contribution >= 0.6 is 0 Å². The van der Waals surface area contributed by atoms with Crippen molar-refractivity contribution in [3.05, 3.63) is 48.0 Å². The molecule has 2 aliphatic rings. The number of hydrogen-bond acceptors (Lipinski definition) is 6. The Morgan fingerprint density at radius 2 is 1.61 bits per heavy atom. The summed E-state index contributed by atoms with van der Waals surface area (Å²) in [5.74, 6) is 1.41. The van der Waals surface area contributed by atoms with Gasteiger partial charge in [-0.1, -0.05) is 18.2 Å². The maximum Gasteiger partial charge on any atom is 0.227 e. The Hall–Kier alpha value is -2.74. The predicted octanol–water partition coefficient (Wildman–Crippen LogP) is 1.34. The number of nitrogens with zero attached hydrogens (tertiary/aromatic N) is 5. The number of halogens is 1. The molecule has 3 heterocycles. The van der Waals surface area contributed by atoms with Gasteiger partial charge in [-0.15, -0.1) is 0 Å². The smallest absolute Gasteiger partial charge is 0.227 e. The highest BCUT2D eigenvalue weighted by molar-refractivity contribution is 5.79. The lowest BCUT2D eigenvalue weighted by Crippen LogP contribution is -2.49. The number of rotatable bonds is 4. The van der Waals surface area contributed by atoms with Crippen molar-refractivity contribution in [2.45, 2.75) is 6.42 Å². The van der Waals surface area contributed by atoms with E-state index >= 15 is 0 Å². The number of carbonyl (C=O) groups is 1. The molecule has 8 heteroatoms. The van der Waals surface area contributed by atoms with Crippen molar-refractivity contribution in [1.82, 2.24) is 14.9 Å². The molecule has 0 atom stereocenters. The first-order chi connectivity index (χ1) is 13.7. The Morgan fingerprint density at radius 3 is 2.29 bits per heavy atom.